The van der Waals surface area contributed by atoms with Crippen molar-refractivity contribution in [2.24, 2.45) is 5.73 Å². The van der Waals surface area contributed by atoms with Crippen LogP contribution < -0.4 is 5.73 Å². The van der Waals surface area contributed by atoms with E-state index in [4.69, 9.17) is 5.73 Å². The molecule has 0 saturated carbocycles. The van der Waals surface area contributed by atoms with Gasteiger partial charge in [0.25, 0.3) is 0 Å². The molecule has 0 spiro atoms. The molecule has 66 valence electrons. The highest BCUT2D eigenvalue weighted by molar-refractivity contribution is 5.34. The minimum atomic E-state index is -0.338. The van der Waals surface area contributed by atoms with E-state index in [9.17, 15) is 5.11 Å². The zero-order valence-corrected chi connectivity index (χ0v) is 7.14. The van der Waals surface area contributed by atoms with Crippen LogP contribution in [0.4, 0.5) is 0 Å². The molecule has 1 saturated heterocycles. The molecule has 3 atom stereocenters. The normalized spacial score (nSPS) is 34.2. The standard InChI is InChI=1S/C9H14N2O/c1-2-8(12)6-3-4-7-9(10)11(7)5-6/h3-5,7-9,12H,2,10H2,1H3/t7-,8?,9?,11?/m0/s1. The van der Waals surface area contributed by atoms with E-state index in [-0.39, 0.29) is 12.3 Å². The molecule has 0 aromatic rings. The molecule has 2 aliphatic heterocycles. The highest BCUT2D eigenvalue weighted by Crippen LogP contribution is 2.31. The maximum atomic E-state index is 9.52. The topological polar surface area (TPSA) is 49.3 Å². The van der Waals surface area contributed by atoms with Crippen molar-refractivity contribution in [2.45, 2.75) is 31.7 Å². The molecule has 2 aliphatic rings. The van der Waals surface area contributed by atoms with Gasteiger partial charge in [-0.15, -0.1) is 0 Å². The van der Waals surface area contributed by atoms with Gasteiger partial charge in [-0.1, -0.05) is 19.1 Å². The summed E-state index contributed by atoms with van der Waals surface area (Å²) < 4.78 is 0. The second-order valence-electron chi connectivity index (χ2n) is 3.34. The Labute approximate surface area is 72.2 Å². The van der Waals surface area contributed by atoms with Crippen LogP contribution in [0.3, 0.4) is 0 Å². The maximum Gasteiger partial charge on any atom is 0.102 e. The van der Waals surface area contributed by atoms with Gasteiger partial charge < -0.3 is 15.7 Å². The summed E-state index contributed by atoms with van der Waals surface area (Å²) in [5.74, 6) is 0. The predicted molar refractivity (Wildman–Crippen MR) is 47.1 cm³/mol. The van der Waals surface area contributed by atoms with Gasteiger partial charge in [0.2, 0.25) is 0 Å². The van der Waals surface area contributed by atoms with Crippen LogP contribution in [-0.4, -0.2) is 28.3 Å². The van der Waals surface area contributed by atoms with Crippen LogP contribution in [0.25, 0.3) is 0 Å². The van der Waals surface area contributed by atoms with Crippen LogP contribution in [0.15, 0.2) is 23.9 Å². The van der Waals surface area contributed by atoms with Gasteiger partial charge in [-0.3, -0.25) is 0 Å². The van der Waals surface area contributed by atoms with Crippen LogP contribution in [0.5, 0.6) is 0 Å². The Morgan fingerprint density at radius 1 is 1.75 bits per heavy atom. The molecule has 1 fully saturated rings. The van der Waals surface area contributed by atoms with Crippen LogP contribution in [0.1, 0.15) is 13.3 Å². The number of hydrogen-bond donors (Lipinski definition) is 2. The molecule has 0 amide bonds. The Kier molecular flexibility index (Phi) is 1.70. The van der Waals surface area contributed by atoms with E-state index in [1.165, 1.54) is 0 Å². The SMILES string of the molecule is CCC(O)C1=CN2C(N)[C@@H]2C=C1. The van der Waals surface area contributed by atoms with E-state index in [1.54, 1.807) is 0 Å². The number of aliphatic hydroxyl groups excluding tert-OH is 1. The molecule has 3 N–H and O–H groups in total. The van der Waals surface area contributed by atoms with Gasteiger partial charge in [0, 0.05) is 6.20 Å². The lowest BCUT2D eigenvalue weighted by Crippen LogP contribution is -2.11. The van der Waals surface area contributed by atoms with Crippen LogP contribution in [0, 0.1) is 0 Å². The van der Waals surface area contributed by atoms with Gasteiger partial charge in [0.05, 0.1) is 12.1 Å². The fraction of sp³-hybridized carbons (Fsp3) is 0.556. The molecule has 2 heterocycles. The van der Waals surface area contributed by atoms with Gasteiger partial charge in [-0.2, -0.15) is 0 Å². The third-order valence-electron chi connectivity index (χ3n) is 2.50. The molecule has 0 radical (unpaired) electrons. The van der Waals surface area contributed by atoms with E-state index in [1.807, 2.05) is 24.1 Å². The van der Waals surface area contributed by atoms with Crippen molar-refractivity contribution in [2.75, 3.05) is 0 Å². The van der Waals surface area contributed by atoms with Crippen LogP contribution in [-0.2, 0) is 0 Å². The lowest BCUT2D eigenvalue weighted by atomic mass is 10.1. The Morgan fingerprint density at radius 3 is 3.08 bits per heavy atom. The van der Waals surface area contributed by atoms with E-state index >= 15 is 0 Å². The molecule has 3 heteroatoms. The third-order valence-corrected chi connectivity index (χ3v) is 2.50. The quantitative estimate of drug-likeness (QED) is 0.575. The van der Waals surface area contributed by atoms with E-state index in [0.717, 1.165) is 12.0 Å². The first-order chi connectivity index (χ1) is 5.74. The third kappa shape index (κ3) is 1.06. The lowest BCUT2D eigenvalue weighted by Gasteiger charge is -2.12. The molecular weight excluding hydrogens is 152 g/mol. The lowest BCUT2D eigenvalue weighted by molar-refractivity contribution is 0.208. The van der Waals surface area contributed by atoms with Gasteiger partial charge in [0.15, 0.2) is 0 Å². The van der Waals surface area contributed by atoms with Crippen molar-refractivity contribution in [3.8, 4) is 0 Å². The summed E-state index contributed by atoms with van der Waals surface area (Å²) in [6.07, 6.45) is 6.55. The number of nitrogens with two attached hydrogens (primary N) is 1. The summed E-state index contributed by atoms with van der Waals surface area (Å²) in [5.41, 5.74) is 6.70. The summed E-state index contributed by atoms with van der Waals surface area (Å²) in [6, 6.07) is 0.387. The number of fused-ring (bicyclic) bond motifs is 1. The van der Waals surface area contributed by atoms with Crippen molar-refractivity contribution < 1.29 is 5.11 Å². The van der Waals surface area contributed by atoms with E-state index in [0.29, 0.717) is 6.04 Å². The second-order valence-corrected chi connectivity index (χ2v) is 3.34. The van der Waals surface area contributed by atoms with E-state index < -0.39 is 0 Å². The molecule has 0 bridgehead atoms. The minimum absolute atomic E-state index is 0.141. The number of hydrogen-bond acceptors (Lipinski definition) is 3. The zero-order chi connectivity index (χ0) is 8.72. The summed E-state index contributed by atoms with van der Waals surface area (Å²) in [5, 5.41) is 9.52. The molecule has 2 rings (SSSR count). The average Bonchev–Trinajstić information content (AvgIpc) is 2.76. The van der Waals surface area contributed by atoms with Gasteiger partial charge in [-0.25, -0.2) is 0 Å². The first-order valence-electron chi connectivity index (χ1n) is 4.35. The number of rotatable bonds is 2. The van der Waals surface area contributed by atoms with Gasteiger partial charge in [0.1, 0.15) is 6.17 Å². The van der Waals surface area contributed by atoms with E-state index in [2.05, 4.69) is 6.08 Å². The first-order valence-corrected chi connectivity index (χ1v) is 4.35. The van der Waals surface area contributed by atoms with Crippen molar-refractivity contribution >= 4 is 0 Å². The Balaban J connectivity index is 2.10. The monoisotopic (exact) mass is 166 g/mol. The van der Waals surface area contributed by atoms with Crippen molar-refractivity contribution in [1.82, 2.24) is 4.90 Å². The highest BCUT2D eigenvalue weighted by Gasteiger charge is 2.42. The zero-order valence-electron chi connectivity index (χ0n) is 7.14. The van der Waals surface area contributed by atoms with Crippen LogP contribution >= 0.6 is 0 Å². The summed E-state index contributed by atoms with van der Waals surface area (Å²) in [4.78, 5) is 2.05. The number of nitrogens with zero attached hydrogens (tertiary/aromatic N) is 1. The molecule has 12 heavy (non-hydrogen) atoms. The molecule has 0 aromatic carbocycles. The second kappa shape index (κ2) is 2.61. The molecule has 3 nitrogen and oxygen atoms in total. The van der Waals surface area contributed by atoms with Crippen molar-refractivity contribution in [3.63, 3.8) is 0 Å². The molecule has 2 unspecified atom stereocenters. The highest BCUT2D eigenvalue weighted by atomic mass is 16.3. The molecule has 0 aliphatic carbocycles. The fourth-order valence-corrected chi connectivity index (χ4v) is 1.53. The number of aliphatic hydroxyl groups is 1. The molecule has 0 aromatic heterocycles. The van der Waals surface area contributed by atoms with Gasteiger partial charge >= 0.3 is 0 Å². The predicted octanol–water partition coefficient (Wildman–Crippen LogP) is 0.180. The fourth-order valence-electron chi connectivity index (χ4n) is 1.53. The maximum absolute atomic E-state index is 9.52. The minimum Gasteiger partial charge on any atom is -0.388 e. The summed E-state index contributed by atoms with van der Waals surface area (Å²) in [7, 11) is 0. The smallest absolute Gasteiger partial charge is 0.102 e. The molecular formula is C9H14N2O. The van der Waals surface area contributed by atoms with Gasteiger partial charge in [-0.05, 0) is 12.0 Å². The van der Waals surface area contributed by atoms with Crippen molar-refractivity contribution in [1.29, 1.82) is 0 Å². The average molecular weight is 166 g/mol. The van der Waals surface area contributed by atoms with Crippen LogP contribution in [0.2, 0.25) is 0 Å². The van der Waals surface area contributed by atoms with Crippen molar-refractivity contribution in [3.05, 3.63) is 23.9 Å². The first kappa shape index (κ1) is 7.83. The Bertz CT molecular complexity index is 247. The Morgan fingerprint density at radius 2 is 2.50 bits per heavy atom. The Hall–Kier alpha value is -0.800. The summed E-state index contributed by atoms with van der Waals surface area (Å²) in [6.45, 7) is 1.97. The largest absolute Gasteiger partial charge is 0.388 e. The summed E-state index contributed by atoms with van der Waals surface area (Å²) >= 11 is 0.